The first-order chi connectivity index (χ1) is 11.2. The highest BCUT2D eigenvalue weighted by molar-refractivity contribution is 6.09. The minimum absolute atomic E-state index is 0.277. The molecule has 2 heterocycles. The van der Waals surface area contributed by atoms with Crippen LogP contribution in [0.25, 0.3) is 10.9 Å². The zero-order chi connectivity index (χ0) is 15.9. The number of anilines is 1. The summed E-state index contributed by atoms with van der Waals surface area (Å²) in [6.07, 6.45) is 7.11. The van der Waals surface area contributed by atoms with Gasteiger partial charge in [0.1, 0.15) is 5.66 Å². The maximum atomic E-state index is 6.29. The zero-order valence-corrected chi connectivity index (χ0v) is 12.9. The van der Waals surface area contributed by atoms with Crippen molar-refractivity contribution >= 4 is 28.5 Å². The fraction of sp³-hybridized carbons (Fsp3) is 0.353. The molecule has 6 nitrogen and oxygen atoms in total. The van der Waals surface area contributed by atoms with Gasteiger partial charge in [0.15, 0.2) is 0 Å². The van der Waals surface area contributed by atoms with E-state index in [-0.39, 0.29) is 5.96 Å². The number of fused-ring (bicyclic) bond motifs is 1. The molecule has 4 N–H and O–H groups in total. The minimum Gasteiger partial charge on any atom is -0.369 e. The summed E-state index contributed by atoms with van der Waals surface area (Å²) in [5.41, 5.74) is 13.7. The van der Waals surface area contributed by atoms with Gasteiger partial charge in [-0.2, -0.15) is 4.99 Å². The van der Waals surface area contributed by atoms with Crippen LogP contribution in [0, 0.1) is 0 Å². The second-order valence-electron chi connectivity index (χ2n) is 6.17. The molecule has 0 amide bonds. The first kappa shape index (κ1) is 14.0. The lowest BCUT2D eigenvalue weighted by Gasteiger charge is -2.45. The standard InChI is InChI=1S/C17H20N6/c18-15-21-16(19)23(17(22-15)9-2-1-3-10-17)14-8-4-7-13-12(14)6-5-11-20-13/h4-8,11H,1-3,9-10H2,(H4,18,19,21,22). The van der Waals surface area contributed by atoms with Gasteiger partial charge in [-0.25, -0.2) is 4.99 Å². The molecule has 1 aliphatic carbocycles. The minimum atomic E-state index is -0.418. The van der Waals surface area contributed by atoms with Crippen molar-refractivity contribution in [2.24, 2.45) is 21.5 Å². The number of nitrogens with two attached hydrogens (primary N) is 2. The average molecular weight is 308 g/mol. The largest absolute Gasteiger partial charge is 0.369 e. The van der Waals surface area contributed by atoms with E-state index in [1.807, 2.05) is 18.2 Å². The summed E-state index contributed by atoms with van der Waals surface area (Å²) in [6, 6.07) is 10.1. The van der Waals surface area contributed by atoms with E-state index in [0.717, 1.165) is 42.3 Å². The normalized spacial score (nSPS) is 20.4. The molecule has 1 aliphatic heterocycles. The molecule has 1 saturated carbocycles. The Labute approximate surface area is 134 Å². The van der Waals surface area contributed by atoms with Gasteiger partial charge in [0.2, 0.25) is 11.9 Å². The number of hydrogen-bond donors (Lipinski definition) is 2. The molecule has 1 aromatic heterocycles. The van der Waals surface area contributed by atoms with Crippen LogP contribution >= 0.6 is 0 Å². The third kappa shape index (κ3) is 2.21. The first-order valence-corrected chi connectivity index (χ1v) is 8.03. The molecule has 2 aliphatic rings. The fourth-order valence-corrected chi connectivity index (χ4v) is 3.75. The highest BCUT2D eigenvalue weighted by Gasteiger charge is 2.43. The fourth-order valence-electron chi connectivity index (χ4n) is 3.75. The topological polar surface area (TPSA) is 92.9 Å². The van der Waals surface area contributed by atoms with Gasteiger partial charge in [0, 0.05) is 11.6 Å². The molecule has 1 spiro atoms. The van der Waals surface area contributed by atoms with Gasteiger partial charge in [-0.1, -0.05) is 12.5 Å². The van der Waals surface area contributed by atoms with Crippen LogP contribution in [0.15, 0.2) is 46.5 Å². The molecule has 23 heavy (non-hydrogen) atoms. The molecule has 0 saturated heterocycles. The van der Waals surface area contributed by atoms with Crippen molar-refractivity contribution in [3.63, 3.8) is 0 Å². The van der Waals surface area contributed by atoms with E-state index in [9.17, 15) is 0 Å². The predicted molar refractivity (Wildman–Crippen MR) is 93.3 cm³/mol. The van der Waals surface area contributed by atoms with Gasteiger partial charge in [0.25, 0.3) is 0 Å². The second-order valence-corrected chi connectivity index (χ2v) is 6.17. The predicted octanol–water partition coefficient (Wildman–Crippen LogP) is 2.34. The van der Waals surface area contributed by atoms with Gasteiger partial charge in [-0.15, -0.1) is 0 Å². The van der Waals surface area contributed by atoms with Crippen LogP contribution in [0.4, 0.5) is 5.69 Å². The number of hydrogen-bond acceptors (Lipinski definition) is 6. The number of aromatic nitrogens is 1. The van der Waals surface area contributed by atoms with Gasteiger partial charge < -0.3 is 11.5 Å². The molecule has 1 fully saturated rings. The Morgan fingerprint density at radius 1 is 1.00 bits per heavy atom. The number of benzene rings is 1. The molecule has 0 radical (unpaired) electrons. The van der Waals surface area contributed by atoms with Gasteiger partial charge >= 0.3 is 0 Å². The molecule has 0 bridgehead atoms. The van der Waals surface area contributed by atoms with Crippen molar-refractivity contribution in [3.8, 4) is 0 Å². The van der Waals surface area contributed by atoms with E-state index < -0.39 is 5.66 Å². The van der Waals surface area contributed by atoms with Gasteiger partial charge in [-0.3, -0.25) is 9.88 Å². The second kappa shape index (κ2) is 5.22. The highest BCUT2D eigenvalue weighted by atomic mass is 15.4. The molecule has 0 unspecified atom stereocenters. The molecular formula is C17H20N6. The zero-order valence-electron chi connectivity index (χ0n) is 12.9. The van der Waals surface area contributed by atoms with Gasteiger partial charge in [0.05, 0.1) is 11.2 Å². The van der Waals surface area contributed by atoms with Crippen molar-refractivity contribution in [2.75, 3.05) is 4.90 Å². The number of aliphatic imine (C=N–C) groups is 2. The summed E-state index contributed by atoms with van der Waals surface area (Å²) >= 11 is 0. The summed E-state index contributed by atoms with van der Waals surface area (Å²) < 4.78 is 0. The van der Waals surface area contributed by atoms with Gasteiger partial charge in [-0.05, 0) is 49.9 Å². The number of pyridine rings is 1. The average Bonchev–Trinajstić information content (AvgIpc) is 2.55. The van der Waals surface area contributed by atoms with E-state index >= 15 is 0 Å². The number of guanidine groups is 2. The van der Waals surface area contributed by atoms with Crippen LogP contribution in [0.2, 0.25) is 0 Å². The van der Waals surface area contributed by atoms with Crippen LogP contribution in [0.3, 0.4) is 0 Å². The summed E-state index contributed by atoms with van der Waals surface area (Å²) in [5, 5.41) is 1.05. The Balaban J connectivity index is 1.92. The Morgan fingerprint density at radius 2 is 1.83 bits per heavy atom. The monoisotopic (exact) mass is 308 g/mol. The molecule has 6 heteroatoms. The lowest BCUT2D eigenvalue weighted by atomic mass is 9.87. The van der Waals surface area contributed by atoms with Crippen molar-refractivity contribution in [2.45, 2.75) is 37.8 Å². The van der Waals surface area contributed by atoms with E-state index in [4.69, 9.17) is 16.5 Å². The molecule has 4 rings (SSSR count). The Bertz CT molecular complexity index is 798. The third-order valence-corrected chi connectivity index (χ3v) is 4.71. The van der Waals surface area contributed by atoms with Crippen molar-refractivity contribution in [3.05, 3.63) is 36.5 Å². The van der Waals surface area contributed by atoms with Crippen molar-refractivity contribution in [1.29, 1.82) is 0 Å². The smallest absolute Gasteiger partial charge is 0.220 e. The molecule has 118 valence electrons. The van der Waals surface area contributed by atoms with Crippen molar-refractivity contribution in [1.82, 2.24) is 4.98 Å². The maximum absolute atomic E-state index is 6.29. The van der Waals surface area contributed by atoms with E-state index in [1.54, 1.807) is 6.20 Å². The van der Waals surface area contributed by atoms with Crippen LogP contribution in [-0.4, -0.2) is 22.6 Å². The van der Waals surface area contributed by atoms with E-state index in [0.29, 0.717) is 5.96 Å². The van der Waals surface area contributed by atoms with Crippen LogP contribution in [0.5, 0.6) is 0 Å². The summed E-state index contributed by atoms with van der Waals surface area (Å²) in [5.74, 6) is 0.690. The highest BCUT2D eigenvalue weighted by Crippen LogP contribution is 2.41. The van der Waals surface area contributed by atoms with Crippen LogP contribution in [0.1, 0.15) is 32.1 Å². The van der Waals surface area contributed by atoms with E-state index in [1.165, 1.54) is 6.42 Å². The lowest BCUT2D eigenvalue weighted by Crippen LogP contribution is -2.58. The molecule has 2 aromatic rings. The lowest BCUT2D eigenvalue weighted by molar-refractivity contribution is 0.306. The quantitative estimate of drug-likeness (QED) is 0.845. The SMILES string of the molecule is NC1=NC2(CCCCC2)N(c2cccc3ncccc23)C(N)=N1. The molecule has 1 aromatic carbocycles. The third-order valence-electron chi connectivity index (χ3n) is 4.71. The summed E-state index contributed by atoms with van der Waals surface area (Å²) in [6.45, 7) is 0. The number of rotatable bonds is 1. The Kier molecular flexibility index (Phi) is 3.18. The van der Waals surface area contributed by atoms with Crippen molar-refractivity contribution < 1.29 is 0 Å². The summed E-state index contributed by atoms with van der Waals surface area (Å²) in [7, 11) is 0. The molecule has 0 atom stereocenters. The maximum Gasteiger partial charge on any atom is 0.220 e. The van der Waals surface area contributed by atoms with E-state index in [2.05, 4.69) is 27.0 Å². The summed E-state index contributed by atoms with van der Waals surface area (Å²) in [4.78, 5) is 15.4. The Morgan fingerprint density at radius 3 is 2.65 bits per heavy atom. The van der Waals surface area contributed by atoms with Crippen LogP contribution in [-0.2, 0) is 0 Å². The van der Waals surface area contributed by atoms with Crippen LogP contribution < -0.4 is 16.4 Å². The Hall–Kier alpha value is -2.63. The number of nitrogens with zero attached hydrogens (tertiary/aromatic N) is 4. The molecular weight excluding hydrogens is 288 g/mol. The first-order valence-electron chi connectivity index (χ1n) is 8.03.